The van der Waals surface area contributed by atoms with Crippen molar-refractivity contribution in [2.75, 3.05) is 5.32 Å². The molecule has 0 saturated heterocycles. The molecule has 0 unspecified atom stereocenters. The first-order chi connectivity index (χ1) is 12.1. The van der Waals surface area contributed by atoms with E-state index in [4.69, 9.17) is 0 Å². The molecule has 0 aromatic carbocycles. The standard InChI is InChI=1S/C19H21N3O3/c1-11-6-9-15(20-10-11)21-18(24)16-17(23)13-4-2-3-5-14(13)22(19(16)25)12-7-8-12/h6,9-10,12,23H,2-5,7-8H2,1H3,(H,20,21,24). The van der Waals surface area contributed by atoms with Gasteiger partial charge in [-0.3, -0.25) is 9.59 Å². The quantitative estimate of drug-likeness (QED) is 0.900. The summed E-state index contributed by atoms with van der Waals surface area (Å²) in [5.74, 6) is -0.382. The number of hydrogen-bond acceptors (Lipinski definition) is 4. The van der Waals surface area contributed by atoms with Crippen LogP contribution in [-0.4, -0.2) is 20.6 Å². The molecule has 2 heterocycles. The van der Waals surface area contributed by atoms with Crippen molar-refractivity contribution in [3.05, 3.63) is 51.1 Å². The summed E-state index contributed by atoms with van der Waals surface area (Å²) in [6, 6.07) is 3.68. The smallest absolute Gasteiger partial charge is 0.267 e. The Balaban J connectivity index is 1.78. The van der Waals surface area contributed by atoms with Crippen LogP contribution < -0.4 is 10.9 Å². The van der Waals surface area contributed by atoms with Crippen molar-refractivity contribution in [2.24, 2.45) is 0 Å². The Morgan fingerprint density at radius 2 is 2.04 bits per heavy atom. The van der Waals surface area contributed by atoms with E-state index in [1.165, 1.54) is 0 Å². The third-order valence-electron chi connectivity index (χ3n) is 4.98. The van der Waals surface area contributed by atoms with Gasteiger partial charge in [0.05, 0.1) is 0 Å². The highest BCUT2D eigenvalue weighted by Crippen LogP contribution is 2.39. The molecule has 0 atom stereocenters. The van der Waals surface area contributed by atoms with E-state index in [2.05, 4.69) is 10.3 Å². The lowest BCUT2D eigenvalue weighted by Gasteiger charge is -2.23. The highest BCUT2D eigenvalue weighted by molar-refractivity contribution is 6.05. The Hall–Kier alpha value is -2.63. The minimum atomic E-state index is -0.596. The second kappa shape index (κ2) is 6.02. The van der Waals surface area contributed by atoms with Gasteiger partial charge in [-0.25, -0.2) is 4.98 Å². The van der Waals surface area contributed by atoms with Crippen LogP contribution in [0.5, 0.6) is 5.75 Å². The van der Waals surface area contributed by atoms with E-state index in [1.807, 2.05) is 13.0 Å². The monoisotopic (exact) mass is 339 g/mol. The summed E-state index contributed by atoms with van der Waals surface area (Å²) in [5, 5.41) is 13.3. The Kier molecular flexibility index (Phi) is 3.82. The van der Waals surface area contributed by atoms with Crippen LogP contribution in [-0.2, 0) is 12.8 Å². The van der Waals surface area contributed by atoms with E-state index in [0.717, 1.165) is 48.9 Å². The molecule has 1 amide bonds. The number of carbonyl (C=O) groups excluding carboxylic acids is 1. The van der Waals surface area contributed by atoms with Crippen LogP contribution in [0.1, 0.15) is 58.9 Å². The molecule has 25 heavy (non-hydrogen) atoms. The van der Waals surface area contributed by atoms with Crippen LogP contribution in [0.4, 0.5) is 5.82 Å². The van der Waals surface area contributed by atoms with E-state index in [0.29, 0.717) is 12.2 Å². The molecule has 1 saturated carbocycles. The lowest BCUT2D eigenvalue weighted by Crippen LogP contribution is -2.33. The third-order valence-corrected chi connectivity index (χ3v) is 4.98. The topological polar surface area (TPSA) is 84.2 Å². The van der Waals surface area contributed by atoms with Gasteiger partial charge in [0, 0.05) is 23.5 Å². The minimum absolute atomic E-state index is 0.152. The van der Waals surface area contributed by atoms with Crippen molar-refractivity contribution >= 4 is 11.7 Å². The second-order valence-corrected chi connectivity index (χ2v) is 6.94. The van der Waals surface area contributed by atoms with Crippen molar-refractivity contribution in [1.82, 2.24) is 9.55 Å². The number of hydrogen-bond donors (Lipinski definition) is 2. The summed E-state index contributed by atoms with van der Waals surface area (Å²) in [7, 11) is 0. The predicted molar refractivity (Wildman–Crippen MR) is 94.2 cm³/mol. The third kappa shape index (κ3) is 2.81. The largest absolute Gasteiger partial charge is 0.507 e. The molecule has 0 aliphatic heterocycles. The maximum Gasteiger partial charge on any atom is 0.267 e. The summed E-state index contributed by atoms with van der Waals surface area (Å²) in [6.07, 6.45) is 7.02. The molecule has 6 nitrogen and oxygen atoms in total. The first-order valence-corrected chi connectivity index (χ1v) is 8.79. The van der Waals surface area contributed by atoms with Crippen LogP contribution in [0.3, 0.4) is 0 Å². The van der Waals surface area contributed by atoms with Crippen LogP contribution in [0.25, 0.3) is 0 Å². The number of amides is 1. The Morgan fingerprint density at radius 3 is 2.72 bits per heavy atom. The highest BCUT2D eigenvalue weighted by Gasteiger charge is 2.34. The van der Waals surface area contributed by atoms with Gasteiger partial charge in [0.25, 0.3) is 11.5 Å². The number of anilines is 1. The summed E-state index contributed by atoms with van der Waals surface area (Å²) >= 11 is 0. The van der Waals surface area contributed by atoms with Gasteiger partial charge in [-0.2, -0.15) is 0 Å². The van der Waals surface area contributed by atoms with E-state index in [1.54, 1.807) is 16.8 Å². The van der Waals surface area contributed by atoms with Crippen molar-refractivity contribution in [1.29, 1.82) is 0 Å². The number of rotatable bonds is 3. The summed E-state index contributed by atoms with van der Waals surface area (Å²) in [5.41, 5.74) is 2.12. The van der Waals surface area contributed by atoms with Gasteiger partial charge in [-0.15, -0.1) is 0 Å². The SMILES string of the molecule is Cc1ccc(NC(=O)c2c(O)c3c(n(C4CC4)c2=O)CCCC3)nc1. The molecule has 0 radical (unpaired) electrons. The lowest BCUT2D eigenvalue weighted by atomic mass is 9.93. The lowest BCUT2D eigenvalue weighted by molar-refractivity contribution is 0.102. The Morgan fingerprint density at radius 1 is 1.28 bits per heavy atom. The molecule has 2 aromatic heterocycles. The van der Waals surface area contributed by atoms with Crippen LogP contribution in [0.2, 0.25) is 0 Å². The van der Waals surface area contributed by atoms with Gasteiger partial charge in [-0.05, 0) is 57.1 Å². The average Bonchev–Trinajstić information content (AvgIpc) is 3.42. The number of nitrogens with one attached hydrogen (secondary N) is 1. The number of nitrogens with zero attached hydrogens (tertiary/aromatic N) is 2. The molecule has 2 aliphatic rings. The van der Waals surface area contributed by atoms with Gasteiger partial charge >= 0.3 is 0 Å². The van der Waals surface area contributed by atoms with E-state index in [-0.39, 0.29) is 22.9 Å². The molecule has 4 rings (SSSR count). The molecule has 0 bridgehead atoms. The Labute approximate surface area is 145 Å². The zero-order valence-corrected chi connectivity index (χ0v) is 14.2. The van der Waals surface area contributed by atoms with Crippen molar-refractivity contribution in [3.63, 3.8) is 0 Å². The van der Waals surface area contributed by atoms with Crippen molar-refractivity contribution < 1.29 is 9.90 Å². The molecule has 0 spiro atoms. The van der Waals surface area contributed by atoms with Crippen LogP contribution in [0.15, 0.2) is 23.1 Å². The molecular formula is C19H21N3O3. The fourth-order valence-corrected chi connectivity index (χ4v) is 3.55. The number of fused-ring (bicyclic) bond motifs is 1. The van der Waals surface area contributed by atoms with Crippen LogP contribution >= 0.6 is 0 Å². The number of aryl methyl sites for hydroxylation is 1. The van der Waals surface area contributed by atoms with Gasteiger partial charge in [0.2, 0.25) is 0 Å². The molecule has 130 valence electrons. The number of pyridine rings is 2. The Bertz CT molecular complexity index is 896. The van der Waals surface area contributed by atoms with Crippen molar-refractivity contribution in [3.8, 4) is 5.75 Å². The normalized spacial score (nSPS) is 16.4. The zero-order valence-electron chi connectivity index (χ0n) is 14.2. The van der Waals surface area contributed by atoms with Crippen LogP contribution in [0, 0.1) is 6.92 Å². The van der Waals surface area contributed by atoms with Gasteiger partial charge < -0.3 is 15.0 Å². The minimum Gasteiger partial charge on any atom is -0.507 e. The van der Waals surface area contributed by atoms with E-state index >= 15 is 0 Å². The number of aromatic nitrogens is 2. The van der Waals surface area contributed by atoms with Gasteiger partial charge in [-0.1, -0.05) is 6.07 Å². The zero-order chi connectivity index (χ0) is 17.6. The maximum absolute atomic E-state index is 13.0. The predicted octanol–water partition coefficient (Wildman–Crippen LogP) is 2.72. The molecule has 1 fully saturated rings. The highest BCUT2D eigenvalue weighted by atomic mass is 16.3. The molecular weight excluding hydrogens is 318 g/mol. The molecule has 2 N–H and O–H groups in total. The number of aromatic hydroxyl groups is 1. The first-order valence-electron chi connectivity index (χ1n) is 8.79. The summed E-state index contributed by atoms with van der Waals surface area (Å²) < 4.78 is 1.76. The maximum atomic E-state index is 13.0. The number of carbonyl (C=O) groups is 1. The molecule has 2 aliphatic carbocycles. The van der Waals surface area contributed by atoms with Gasteiger partial charge in [0.15, 0.2) is 0 Å². The first kappa shape index (κ1) is 15.9. The van der Waals surface area contributed by atoms with E-state index < -0.39 is 5.91 Å². The summed E-state index contributed by atoms with van der Waals surface area (Å²) in [4.78, 5) is 29.8. The average molecular weight is 339 g/mol. The fourth-order valence-electron chi connectivity index (χ4n) is 3.55. The fraction of sp³-hybridized carbons (Fsp3) is 0.421. The summed E-state index contributed by atoms with van der Waals surface area (Å²) in [6.45, 7) is 1.90. The molecule has 2 aromatic rings. The molecule has 6 heteroatoms. The van der Waals surface area contributed by atoms with E-state index in [9.17, 15) is 14.7 Å². The second-order valence-electron chi connectivity index (χ2n) is 6.94. The van der Waals surface area contributed by atoms with Crippen molar-refractivity contribution in [2.45, 2.75) is 51.5 Å². The van der Waals surface area contributed by atoms with Gasteiger partial charge in [0.1, 0.15) is 17.1 Å².